The number of rotatable bonds is 2. The van der Waals surface area contributed by atoms with Gasteiger partial charge in [0.2, 0.25) is 6.54 Å². The Morgan fingerprint density at radius 3 is 2.82 bits per heavy atom. The highest BCUT2D eigenvalue weighted by molar-refractivity contribution is 5.74. The van der Waals surface area contributed by atoms with E-state index in [9.17, 15) is 14.9 Å². The van der Waals surface area contributed by atoms with Crippen molar-refractivity contribution in [1.29, 1.82) is 0 Å². The number of nitro groups is 1. The number of carbonyl (C=O) groups excluding carboxylic acids is 1. The van der Waals surface area contributed by atoms with Crippen LogP contribution in [-0.2, 0) is 9.53 Å². The maximum atomic E-state index is 10.7. The van der Waals surface area contributed by atoms with Gasteiger partial charge < -0.3 is 4.74 Å². The fourth-order valence-corrected chi connectivity index (χ4v) is 1.06. The lowest BCUT2D eigenvalue weighted by Crippen LogP contribution is -2.20. The molecule has 0 aromatic carbocycles. The van der Waals surface area contributed by atoms with Gasteiger partial charge in [0.25, 0.3) is 0 Å². The number of nitrogens with zero attached hydrogens (tertiary/aromatic N) is 1. The van der Waals surface area contributed by atoms with Crippen LogP contribution in [0.2, 0.25) is 0 Å². The summed E-state index contributed by atoms with van der Waals surface area (Å²) in [6.07, 6.45) is 0. The smallest absolute Gasteiger partial charge is 0.309 e. The molecule has 0 radical (unpaired) electrons. The molecule has 1 aliphatic heterocycles. The predicted octanol–water partition coefficient (Wildman–Crippen LogP) is 0.0722. The normalized spacial score (nSPS) is 30.1. The fourth-order valence-electron chi connectivity index (χ4n) is 1.06. The van der Waals surface area contributed by atoms with Crippen molar-refractivity contribution < 1.29 is 14.5 Å². The average Bonchev–Trinajstić information content (AvgIpc) is 2.18. The molecular weight excluding hydrogens is 150 g/mol. The summed E-state index contributed by atoms with van der Waals surface area (Å²) in [5, 5.41) is 10.0. The van der Waals surface area contributed by atoms with Crippen LogP contribution in [0.4, 0.5) is 0 Å². The molecule has 0 aliphatic carbocycles. The minimum atomic E-state index is -0.414. The van der Waals surface area contributed by atoms with E-state index in [0.29, 0.717) is 0 Å². The maximum Gasteiger partial charge on any atom is 0.309 e. The van der Waals surface area contributed by atoms with Crippen LogP contribution < -0.4 is 0 Å². The zero-order chi connectivity index (χ0) is 8.43. The topological polar surface area (TPSA) is 69.4 Å². The van der Waals surface area contributed by atoms with Crippen LogP contribution in [0.5, 0.6) is 0 Å². The third-order valence-corrected chi connectivity index (χ3v) is 1.90. The molecule has 1 rings (SSSR count). The van der Waals surface area contributed by atoms with E-state index in [1.165, 1.54) is 0 Å². The molecule has 0 aromatic rings. The van der Waals surface area contributed by atoms with Crippen LogP contribution in [0, 0.1) is 22.0 Å². The Labute approximate surface area is 63.5 Å². The van der Waals surface area contributed by atoms with Crippen LogP contribution >= 0.6 is 0 Å². The second-order valence-electron chi connectivity index (χ2n) is 2.69. The molecule has 0 N–H and O–H groups in total. The lowest BCUT2D eigenvalue weighted by molar-refractivity contribution is -0.488. The second kappa shape index (κ2) is 2.86. The van der Waals surface area contributed by atoms with Gasteiger partial charge in [-0.1, -0.05) is 6.92 Å². The summed E-state index contributed by atoms with van der Waals surface area (Å²) in [5.41, 5.74) is 0. The molecule has 62 valence electrons. The summed E-state index contributed by atoms with van der Waals surface area (Å²) in [6, 6.07) is 0. The van der Waals surface area contributed by atoms with E-state index in [-0.39, 0.29) is 31.0 Å². The first-order valence-electron chi connectivity index (χ1n) is 3.39. The van der Waals surface area contributed by atoms with Gasteiger partial charge in [-0.15, -0.1) is 0 Å². The van der Waals surface area contributed by atoms with Crippen molar-refractivity contribution in [2.45, 2.75) is 6.92 Å². The molecule has 5 heteroatoms. The molecule has 0 saturated carbocycles. The molecule has 1 fully saturated rings. The Balaban J connectivity index is 2.48. The summed E-state index contributed by atoms with van der Waals surface area (Å²) in [5.74, 6) is -0.880. The van der Waals surface area contributed by atoms with Gasteiger partial charge in [-0.3, -0.25) is 14.9 Å². The molecule has 0 aromatic heterocycles. The molecule has 11 heavy (non-hydrogen) atoms. The number of carbonyl (C=O) groups is 1. The molecule has 0 spiro atoms. The van der Waals surface area contributed by atoms with Gasteiger partial charge >= 0.3 is 5.97 Å². The van der Waals surface area contributed by atoms with Crippen molar-refractivity contribution in [3.63, 3.8) is 0 Å². The standard InChI is InChI=1S/C6H9NO4/c1-4-5(2-7(9)10)3-11-6(4)8/h4-5H,2-3H2,1H3/t4-,5+/m0/s1. The molecular formula is C6H9NO4. The Morgan fingerprint density at radius 2 is 2.45 bits per heavy atom. The first-order valence-corrected chi connectivity index (χ1v) is 3.39. The number of ether oxygens (including phenoxy) is 1. The van der Waals surface area contributed by atoms with Crippen molar-refractivity contribution in [2.24, 2.45) is 11.8 Å². The van der Waals surface area contributed by atoms with E-state index in [1.54, 1.807) is 6.92 Å². The van der Waals surface area contributed by atoms with Crippen LogP contribution in [-0.4, -0.2) is 24.0 Å². The van der Waals surface area contributed by atoms with Gasteiger partial charge in [0.15, 0.2) is 0 Å². The van der Waals surface area contributed by atoms with E-state index in [4.69, 9.17) is 0 Å². The van der Waals surface area contributed by atoms with Gasteiger partial charge in [0, 0.05) is 4.92 Å². The Hall–Kier alpha value is -1.13. The molecule has 0 unspecified atom stereocenters. The number of hydrogen-bond acceptors (Lipinski definition) is 4. The van der Waals surface area contributed by atoms with E-state index in [2.05, 4.69) is 4.74 Å². The number of hydrogen-bond donors (Lipinski definition) is 0. The quantitative estimate of drug-likeness (QED) is 0.325. The van der Waals surface area contributed by atoms with Crippen molar-refractivity contribution in [3.8, 4) is 0 Å². The second-order valence-corrected chi connectivity index (χ2v) is 2.69. The zero-order valence-electron chi connectivity index (χ0n) is 6.15. The van der Waals surface area contributed by atoms with E-state index in [0.717, 1.165) is 0 Å². The highest BCUT2D eigenvalue weighted by atomic mass is 16.6. The Bertz CT molecular complexity index is 191. The van der Waals surface area contributed by atoms with Gasteiger partial charge in [0.05, 0.1) is 11.8 Å². The highest BCUT2D eigenvalue weighted by Gasteiger charge is 2.36. The highest BCUT2D eigenvalue weighted by Crippen LogP contribution is 2.21. The molecule has 1 saturated heterocycles. The van der Waals surface area contributed by atoms with Gasteiger partial charge in [0.1, 0.15) is 6.61 Å². The molecule has 2 atom stereocenters. The van der Waals surface area contributed by atoms with Crippen molar-refractivity contribution in [3.05, 3.63) is 10.1 Å². The predicted molar refractivity (Wildman–Crippen MR) is 35.5 cm³/mol. The van der Waals surface area contributed by atoms with Crippen LogP contribution in [0.1, 0.15) is 6.92 Å². The van der Waals surface area contributed by atoms with Crippen molar-refractivity contribution >= 4 is 5.97 Å². The summed E-state index contributed by atoms with van der Waals surface area (Å²) in [4.78, 5) is 20.4. The third-order valence-electron chi connectivity index (χ3n) is 1.90. The van der Waals surface area contributed by atoms with Crippen LogP contribution in [0.25, 0.3) is 0 Å². The monoisotopic (exact) mass is 159 g/mol. The first-order chi connectivity index (χ1) is 5.11. The summed E-state index contributed by atoms with van der Waals surface area (Å²) in [7, 11) is 0. The molecule has 5 nitrogen and oxygen atoms in total. The lowest BCUT2D eigenvalue weighted by Gasteiger charge is -2.02. The lowest BCUT2D eigenvalue weighted by atomic mass is 9.98. The van der Waals surface area contributed by atoms with Crippen LogP contribution in [0.15, 0.2) is 0 Å². The summed E-state index contributed by atoms with van der Waals surface area (Å²) >= 11 is 0. The first kappa shape index (κ1) is 7.97. The Morgan fingerprint density at radius 1 is 1.82 bits per heavy atom. The summed E-state index contributed by atoms with van der Waals surface area (Å²) < 4.78 is 4.64. The van der Waals surface area contributed by atoms with Crippen molar-refractivity contribution in [2.75, 3.05) is 13.2 Å². The minimum absolute atomic E-state index is 0.174. The largest absolute Gasteiger partial charge is 0.465 e. The SMILES string of the molecule is C[C@@H]1C(=O)OC[C@H]1C[N+](=O)[O-]. The minimum Gasteiger partial charge on any atom is -0.465 e. The summed E-state index contributed by atoms with van der Waals surface area (Å²) in [6.45, 7) is 1.68. The van der Waals surface area contributed by atoms with Crippen LogP contribution in [0.3, 0.4) is 0 Å². The maximum absolute atomic E-state index is 10.7. The molecule has 1 aliphatic rings. The third kappa shape index (κ3) is 1.66. The average molecular weight is 159 g/mol. The number of cyclic esters (lactones) is 1. The molecule has 0 bridgehead atoms. The van der Waals surface area contributed by atoms with E-state index < -0.39 is 4.92 Å². The van der Waals surface area contributed by atoms with Gasteiger partial charge in [-0.2, -0.15) is 0 Å². The van der Waals surface area contributed by atoms with Gasteiger partial charge in [-0.25, -0.2) is 0 Å². The fraction of sp³-hybridized carbons (Fsp3) is 0.833. The zero-order valence-corrected chi connectivity index (χ0v) is 6.15. The molecule has 0 amide bonds. The van der Waals surface area contributed by atoms with Gasteiger partial charge in [-0.05, 0) is 0 Å². The Kier molecular flexibility index (Phi) is 2.07. The van der Waals surface area contributed by atoms with Crippen molar-refractivity contribution in [1.82, 2.24) is 0 Å². The van der Waals surface area contributed by atoms with E-state index >= 15 is 0 Å². The van der Waals surface area contributed by atoms with E-state index in [1.807, 2.05) is 0 Å². The number of esters is 1. The molecule has 1 heterocycles.